The van der Waals surface area contributed by atoms with Crippen LogP contribution in [0, 0.1) is 5.92 Å². The number of fused-ring (bicyclic) bond motifs is 1. The predicted octanol–water partition coefficient (Wildman–Crippen LogP) is 4.21. The Hall–Kier alpha value is -1.80. The summed E-state index contributed by atoms with van der Waals surface area (Å²) >= 11 is 6.19. The highest BCUT2D eigenvalue weighted by Crippen LogP contribution is 2.22. The molecule has 0 bridgehead atoms. The summed E-state index contributed by atoms with van der Waals surface area (Å²) in [4.78, 5) is 0. The van der Waals surface area contributed by atoms with Crippen molar-refractivity contribution in [2.24, 2.45) is 13.0 Å². The van der Waals surface area contributed by atoms with Gasteiger partial charge in [-0.2, -0.15) is 5.10 Å². The Morgan fingerprint density at radius 3 is 2.48 bits per heavy atom. The van der Waals surface area contributed by atoms with Crippen LogP contribution in [0.25, 0.3) is 10.9 Å². The molecule has 0 amide bonds. The molecule has 0 fully saturated rings. The van der Waals surface area contributed by atoms with Gasteiger partial charge < -0.3 is 0 Å². The van der Waals surface area contributed by atoms with Crippen LogP contribution in [0.4, 0.5) is 0 Å². The molecule has 3 rings (SSSR count). The summed E-state index contributed by atoms with van der Waals surface area (Å²) in [5, 5.41) is 5.92. The van der Waals surface area contributed by atoms with E-state index in [1.165, 1.54) is 16.5 Å². The van der Waals surface area contributed by atoms with Crippen LogP contribution in [0.1, 0.15) is 11.3 Å². The number of nitrogens with zero attached hydrogens (tertiary/aromatic N) is 2. The molecule has 3 aromatic rings. The number of benzene rings is 2. The van der Waals surface area contributed by atoms with Crippen molar-refractivity contribution in [2.45, 2.75) is 12.8 Å². The summed E-state index contributed by atoms with van der Waals surface area (Å²) < 4.78 is 1.96. The van der Waals surface area contributed by atoms with Crippen molar-refractivity contribution in [3.05, 3.63) is 65.9 Å². The van der Waals surface area contributed by atoms with E-state index in [9.17, 15) is 0 Å². The van der Waals surface area contributed by atoms with Crippen molar-refractivity contribution in [3.8, 4) is 0 Å². The van der Waals surface area contributed by atoms with Gasteiger partial charge >= 0.3 is 0 Å². The molecule has 0 saturated heterocycles. The normalized spacial score (nSPS) is 12.7. The summed E-state index contributed by atoms with van der Waals surface area (Å²) in [5.41, 5.74) is 3.67. The Labute approximate surface area is 130 Å². The lowest BCUT2D eigenvalue weighted by atomic mass is 9.95. The van der Waals surface area contributed by atoms with Gasteiger partial charge in [0.05, 0.1) is 11.2 Å². The van der Waals surface area contributed by atoms with Gasteiger partial charge in [-0.15, -0.1) is 11.6 Å². The van der Waals surface area contributed by atoms with E-state index in [0.29, 0.717) is 11.8 Å². The van der Waals surface area contributed by atoms with Gasteiger partial charge in [-0.1, -0.05) is 48.5 Å². The van der Waals surface area contributed by atoms with E-state index in [1.807, 2.05) is 17.8 Å². The van der Waals surface area contributed by atoms with Gasteiger partial charge in [-0.05, 0) is 30.4 Å². The zero-order valence-corrected chi connectivity index (χ0v) is 12.9. The van der Waals surface area contributed by atoms with E-state index in [0.717, 1.165) is 18.5 Å². The highest BCUT2D eigenvalue weighted by atomic mass is 35.5. The predicted molar refractivity (Wildman–Crippen MR) is 88.8 cm³/mol. The lowest BCUT2D eigenvalue weighted by Crippen LogP contribution is -2.11. The molecule has 0 spiro atoms. The van der Waals surface area contributed by atoms with E-state index in [2.05, 4.69) is 53.6 Å². The van der Waals surface area contributed by atoms with Gasteiger partial charge in [-0.25, -0.2) is 0 Å². The molecule has 1 atom stereocenters. The first-order valence-corrected chi connectivity index (χ1v) is 7.82. The Balaban J connectivity index is 1.83. The van der Waals surface area contributed by atoms with E-state index in [-0.39, 0.29) is 0 Å². The molecule has 2 nitrogen and oxygen atoms in total. The summed E-state index contributed by atoms with van der Waals surface area (Å²) in [6, 6.07) is 18.9. The van der Waals surface area contributed by atoms with Crippen LogP contribution in [0.15, 0.2) is 54.6 Å². The zero-order valence-electron chi connectivity index (χ0n) is 12.2. The maximum absolute atomic E-state index is 6.19. The smallest absolute Gasteiger partial charge is 0.0706 e. The van der Waals surface area contributed by atoms with Gasteiger partial charge in [0.25, 0.3) is 0 Å². The highest BCUT2D eigenvalue weighted by Gasteiger charge is 2.15. The first-order chi connectivity index (χ1) is 10.3. The van der Waals surface area contributed by atoms with Gasteiger partial charge in [0.15, 0.2) is 0 Å². The lowest BCUT2D eigenvalue weighted by molar-refractivity contribution is 0.570. The highest BCUT2D eigenvalue weighted by molar-refractivity contribution is 6.18. The molecule has 0 aliphatic heterocycles. The molecule has 3 heteroatoms. The minimum atomic E-state index is 0.410. The maximum Gasteiger partial charge on any atom is 0.0706 e. The number of halogens is 1. The SMILES string of the molecule is Cn1nc(CC(CCl)Cc2ccccc2)c2ccccc21. The topological polar surface area (TPSA) is 17.8 Å². The summed E-state index contributed by atoms with van der Waals surface area (Å²) in [6.45, 7) is 0. The Bertz CT molecular complexity index is 718. The van der Waals surface area contributed by atoms with Crippen LogP contribution in [0.5, 0.6) is 0 Å². The summed E-state index contributed by atoms with van der Waals surface area (Å²) in [6.07, 6.45) is 1.91. The molecule has 0 saturated carbocycles. The molecule has 0 aliphatic carbocycles. The van der Waals surface area contributed by atoms with E-state index in [1.54, 1.807) is 0 Å². The average Bonchev–Trinajstić information content (AvgIpc) is 2.84. The minimum Gasteiger partial charge on any atom is -0.268 e. The Morgan fingerprint density at radius 2 is 1.71 bits per heavy atom. The van der Waals surface area contributed by atoms with Crippen LogP contribution in [-0.4, -0.2) is 15.7 Å². The third-order valence-electron chi connectivity index (χ3n) is 3.90. The zero-order chi connectivity index (χ0) is 14.7. The molecule has 0 radical (unpaired) electrons. The van der Waals surface area contributed by atoms with Crippen molar-refractivity contribution in [1.82, 2.24) is 9.78 Å². The van der Waals surface area contributed by atoms with E-state index in [4.69, 9.17) is 11.6 Å². The minimum absolute atomic E-state index is 0.410. The molecular formula is C18H19ClN2. The summed E-state index contributed by atoms with van der Waals surface area (Å²) in [7, 11) is 2.00. The van der Waals surface area contributed by atoms with Crippen molar-refractivity contribution in [2.75, 3.05) is 5.88 Å². The quantitative estimate of drug-likeness (QED) is 0.645. The summed E-state index contributed by atoms with van der Waals surface area (Å²) in [5.74, 6) is 1.06. The largest absolute Gasteiger partial charge is 0.268 e. The fourth-order valence-electron chi connectivity index (χ4n) is 2.84. The molecule has 2 aromatic carbocycles. The molecule has 1 unspecified atom stereocenters. The second-order valence-corrected chi connectivity index (χ2v) is 5.81. The number of alkyl halides is 1. The number of para-hydroxylation sites is 1. The van der Waals surface area contributed by atoms with Crippen LogP contribution < -0.4 is 0 Å². The third kappa shape index (κ3) is 3.11. The Morgan fingerprint density at radius 1 is 1.00 bits per heavy atom. The van der Waals surface area contributed by atoms with Crippen molar-refractivity contribution in [1.29, 1.82) is 0 Å². The first-order valence-electron chi connectivity index (χ1n) is 7.28. The monoisotopic (exact) mass is 298 g/mol. The van der Waals surface area contributed by atoms with Crippen molar-refractivity contribution >= 4 is 22.5 Å². The maximum atomic E-state index is 6.19. The average molecular weight is 299 g/mol. The van der Waals surface area contributed by atoms with Crippen LogP contribution >= 0.6 is 11.6 Å². The van der Waals surface area contributed by atoms with E-state index < -0.39 is 0 Å². The molecule has 0 aliphatic rings. The lowest BCUT2D eigenvalue weighted by Gasteiger charge is -2.12. The molecule has 1 aromatic heterocycles. The molecular weight excluding hydrogens is 280 g/mol. The molecule has 1 heterocycles. The number of aryl methyl sites for hydroxylation is 1. The standard InChI is InChI=1S/C18H19ClN2/c1-21-18-10-6-5-9-16(18)17(20-21)12-15(13-19)11-14-7-3-2-4-8-14/h2-10,15H,11-13H2,1H3. The molecule has 0 N–H and O–H groups in total. The van der Waals surface area contributed by atoms with Gasteiger partial charge in [0, 0.05) is 18.3 Å². The van der Waals surface area contributed by atoms with Crippen LogP contribution in [0.3, 0.4) is 0 Å². The van der Waals surface area contributed by atoms with Crippen molar-refractivity contribution in [3.63, 3.8) is 0 Å². The first kappa shape index (κ1) is 14.2. The van der Waals surface area contributed by atoms with E-state index >= 15 is 0 Å². The number of aromatic nitrogens is 2. The van der Waals surface area contributed by atoms with Crippen molar-refractivity contribution < 1.29 is 0 Å². The Kier molecular flexibility index (Phi) is 4.26. The van der Waals surface area contributed by atoms with Crippen LogP contribution in [-0.2, 0) is 19.9 Å². The molecule has 108 valence electrons. The van der Waals surface area contributed by atoms with Gasteiger partial charge in [0.1, 0.15) is 0 Å². The fraction of sp³-hybridized carbons (Fsp3) is 0.278. The van der Waals surface area contributed by atoms with Crippen LogP contribution in [0.2, 0.25) is 0 Å². The number of hydrogen-bond donors (Lipinski definition) is 0. The van der Waals surface area contributed by atoms with Gasteiger partial charge in [0.2, 0.25) is 0 Å². The second-order valence-electron chi connectivity index (χ2n) is 5.50. The number of rotatable bonds is 5. The number of hydrogen-bond acceptors (Lipinski definition) is 1. The fourth-order valence-corrected chi connectivity index (χ4v) is 3.06. The second kappa shape index (κ2) is 6.31. The van der Waals surface area contributed by atoms with Gasteiger partial charge in [-0.3, -0.25) is 4.68 Å². The third-order valence-corrected chi connectivity index (χ3v) is 4.34. The molecule has 21 heavy (non-hydrogen) atoms.